The zero-order valence-electron chi connectivity index (χ0n) is 20.5. The first kappa shape index (κ1) is 25.8. The quantitative estimate of drug-likeness (QED) is 0.334. The van der Waals surface area contributed by atoms with Gasteiger partial charge in [-0.05, 0) is 56.6 Å². The Labute approximate surface area is 220 Å². The van der Waals surface area contributed by atoms with Crippen molar-refractivity contribution in [2.45, 2.75) is 32.6 Å². The molecule has 0 radical (unpaired) electrons. The fraction of sp³-hybridized carbons (Fsp3) is 0.333. The highest BCUT2D eigenvalue weighted by atomic mass is 32.1. The van der Waals surface area contributed by atoms with Gasteiger partial charge in [0.2, 0.25) is 0 Å². The molecule has 0 aliphatic carbocycles. The van der Waals surface area contributed by atoms with Crippen molar-refractivity contribution in [3.05, 3.63) is 70.2 Å². The number of amides is 1. The minimum absolute atomic E-state index is 0.0739. The number of carbonyl (C=O) groups excluding carboxylic acids is 2. The molecule has 1 aliphatic heterocycles. The number of piperidine rings is 1. The Balaban J connectivity index is 1.35. The van der Waals surface area contributed by atoms with Crippen LogP contribution in [0.3, 0.4) is 0 Å². The molecule has 0 unspecified atom stereocenters. The van der Waals surface area contributed by atoms with Gasteiger partial charge in [0.1, 0.15) is 12.2 Å². The van der Waals surface area contributed by atoms with Gasteiger partial charge in [-0.3, -0.25) is 9.59 Å². The van der Waals surface area contributed by atoms with Crippen LogP contribution in [0.5, 0.6) is 0 Å². The monoisotopic (exact) mass is 522 g/mol. The van der Waals surface area contributed by atoms with Crippen LogP contribution in [0, 0.1) is 6.92 Å². The number of aromatic nitrogens is 1. The molecule has 2 aromatic carbocycles. The lowest BCUT2D eigenvalue weighted by molar-refractivity contribution is -0.141. The number of rotatable bonds is 7. The van der Waals surface area contributed by atoms with E-state index in [-0.39, 0.29) is 24.3 Å². The summed E-state index contributed by atoms with van der Waals surface area (Å²) in [5.74, 6) is -0.245. The van der Waals surface area contributed by atoms with E-state index in [9.17, 15) is 9.59 Å². The van der Waals surface area contributed by atoms with Crippen molar-refractivity contribution in [3.63, 3.8) is 0 Å². The van der Waals surface area contributed by atoms with E-state index in [1.54, 1.807) is 6.92 Å². The average Bonchev–Trinajstić information content (AvgIpc) is 3.40. The molecule has 188 valence electrons. The molecular weight excluding hydrogens is 492 g/mol. The number of benzene rings is 2. The van der Waals surface area contributed by atoms with Gasteiger partial charge in [0.15, 0.2) is 5.11 Å². The molecule has 0 spiro atoms. The Morgan fingerprint density at radius 1 is 1.17 bits per heavy atom. The van der Waals surface area contributed by atoms with Crippen LogP contribution in [0.25, 0.3) is 11.1 Å². The molecule has 2 N–H and O–H groups in total. The zero-order valence-corrected chi connectivity index (χ0v) is 22.1. The van der Waals surface area contributed by atoms with Crippen molar-refractivity contribution in [1.82, 2.24) is 15.2 Å². The Hall–Kier alpha value is -3.30. The van der Waals surface area contributed by atoms with Gasteiger partial charge in [0, 0.05) is 35.6 Å². The molecular formula is C27H30N4O3S2. The normalized spacial score (nSPS) is 13.8. The SMILES string of the molecule is CCOC(=O)CNC(=S)N1CCC(c2nc(C(=O)Nc3ccc(C)cc3-c3ccccc3)cs2)CC1. The lowest BCUT2D eigenvalue weighted by atomic mass is 9.98. The van der Waals surface area contributed by atoms with E-state index in [4.69, 9.17) is 17.0 Å². The van der Waals surface area contributed by atoms with E-state index in [0.29, 0.717) is 17.4 Å². The Morgan fingerprint density at radius 3 is 2.64 bits per heavy atom. The van der Waals surface area contributed by atoms with Crippen LogP contribution >= 0.6 is 23.6 Å². The Bertz CT molecular complexity index is 1220. The maximum atomic E-state index is 13.1. The van der Waals surface area contributed by atoms with Crippen LogP contribution in [0.4, 0.5) is 5.69 Å². The fourth-order valence-corrected chi connectivity index (χ4v) is 5.42. The van der Waals surface area contributed by atoms with Gasteiger partial charge in [-0.15, -0.1) is 11.3 Å². The summed E-state index contributed by atoms with van der Waals surface area (Å²) in [6, 6.07) is 16.1. The molecule has 2 heterocycles. The van der Waals surface area contributed by atoms with Crippen LogP contribution in [-0.2, 0) is 9.53 Å². The number of thiocarbonyl (C=S) groups is 1. The highest BCUT2D eigenvalue weighted by Gasteiger charge is 2.25. The van der Waals surface area contributed by atoms with Crippen molar-refractivity contribution in [3.8, 4) is 11.1 Å². The van der Waals surface area contributed by atoms with Crippen molar-refractivity contribution < 1.29 is 14.3 Å². The molecule has 3 aromatic rings. The molecule has 1 aromatic heterocycles. The van der Waals surface area contributed by atoms with E-state index in [1.807, 2.05) is 54.8 Å². The van der Waals surface area contributed by atoms with Gasteiger partial charge < -0.3 is 20.3 Å². The summed E-state index contributed by atoms with van der Waals surface area (Å²) in [5, 5.41) is 9.39. The highest BCUT2D eigenvalue weighted by Crippen LogP contribution is 2.32. The van der Waals surface area contributed by atoms with Gasteiger partial charge in [-0.2, -0.15) is 0 Å². The molecule has 1 saturated heterocycles. The lowest BCUT2D eigenvalue weighted by Crippen LogP contribution is -2.45. The third kappa shape index (κ3) is 6.47. The number of nitrogens with zero attached hydrogens (tertiary/aromatic N) is 2. The average molecular weight is 523 g/mol. The van der Waals surface area contributed by atoms with Crippen LogP contribution < -0.4 is 10.6 Å². The number of thiazole rings is 1. The van der Waals surface area contributed by atoms with Crippen LogP contribution in [0.1, 0.15) is 46.7 Å². The summed E-state index contributed by atoms with van der Waals surface area (Å²) in [6.45, 7) is 5.78. The van der Waals surface area contributed by atoms with Crippen LogP contribution in [-0.4, -0.2) is 53.1 Å². The number of anilines is 1. The predicted octanol–water partition coefficient (Wildman–Crippen LogP) is 4.99. The molecule has 1 aliphatic rings. The maximum Gasteiger partial charge on any atom is 0.325 e. The second-order valence-corrected chi connectivity index (χ2v) is 9.94. The molecule has 0 atom stereocenters. The molecule has 4 rings (SSSR count). The smallest absolute Gasteiger partial charge is 0.325 e. The second kappa shape index (κ2) is 12.1. The molecule has 36 heavy (non-hydrogen) atoms. The summed E-state index contributed by atoms with van der Waals surface area (Å²) >= 11 is 6.95. The number of nitrogens with one attached hydrogen (secondary N) is 2. The van der Waals surface area contributed by atoms with Crippen molar-refractivity contribution in [2.75, 3.05) is 31.6 Å². The summed E-state index contributed by atoms with van der Waals surface area (Å²) in [5.41, 5.74) is 4.37. The van der Waals surface area contributed by atoms with Crippen molar-refractivity contribution in [1.29, 1.82) is 0 Å². The largest absolute Gasteiger partial charge is 0.465 e. The van der Waals surface area contributed by atoms with E-state index in [1.165, 1.54) is 11.3 Å². The minimum Gasteiger partial charge on any atom is -0.465 e. The van der Waals surface area contributed by atoms with E-state index in [0.717, 1.165) is 53.3 Å². The van der Waals surface area contributed by atoms with Gasteiger partial charge in [-0.1, -0.05) is 42.0 Å². The lowest BCUT2D eigenvalue weighted by Gasteiger charge is -2.33. The third-order valence-corrected chi connectivity index (χ3v) is 7.49. The van der Waals surface area contributed by atoms with Crippen molar-refractivity contribution >= 4 is 46.2 Å². The molecule has 0 saturated carbocycles. The summed E-state index contributed by atoms with van der Waals surface area (Å²) < 4.78 is 4.93. The van der Waals surface area contributed by atoms with E-state index in [2.05, 4.69) is 26.6 Å². The number of hydrogen-bond donors (Lipinski definition) is 2. The zero-order chi connectivity index (χ0) is 25.5. The standard InChI is InChI=1S/C27H30N4O3S2/c1-3-34-24(32)16-28-27(35)31-13-11-20(12-14-31)26-30-23(17-36-26)25(33)29-22-10-9-18(2)15-21(22)19-7-5-4-6-8-19/h4-10,15,17,20H,3,11-14,16H2,1-2H3,(H,28,35)(H,29,33). The van der Waals surface area contributed by atoms with E-state index >= 15 is 0 Å². The van der Waals surface area contributed by atoms with E-state index < -0.39 is 0 Å². The number of ether oxygens (including phenoxy) is 1. The summed E-state index contributed by atoms with van der Waals surface area (Å²) in [6.07, 6.45) is 1.76. The summed E-state index contributed by atoms with van der Waals surface area (Å²) in [7, 11) is 0. The third-order valence-electron chi connectivity index (χ3n) is 6.08. The highest BCUT2D eigenvalue weighted by molar-refractivity contribution is 7.80. The second-order valence-electron chi connectivity index (χ2n) is 8.67. The summed E-state index contributed by atoms with van der Waals surface area (Å²) in [4.78, 5) is 31.3. The number of carbonyl (C=O) groups is 2. The van der Waals surface area contributed by atoms with Crippen LogP contribution in [0.15, 0.2) is 53.9 Å². The first-order chi connectivity index (χ1) is 17.4. The van der Waals surface area contributed by atoms with Crippen LogP contribution in [0.2, 0.25) is 0 Å². The van der Waals surface area contributed by atoms with Gasteiger partial charge in [0.05, 0.1) is 11.6 Å². The Kier molecular flexibility index (Phi) is 8.66. The minimum atomic E-state index is -0.315. The number of aryl methyl sites for hydroxylation is 1. The molecule has 0 bridgehead atoms. The maximum absolute atomic E-state index is 13.1. The molecule has 9 heteroatoms. The number of esters is 1. The van der Waals surface area contributed by atoms with Gasteiger partial charge in [0.25, 0.3) is 5.91 Å². The first-order valence-electron chi connectivity index (χ1n) is 12.1. The first-order valence-corrected chi connectivity index (χ1v) is 13.3. The van der Waals surface area contributed by atoms with Gasteiger partial charge >= 0.3 is 5.97 Å². The fourth-order valence-electron chi connectivity index (χ4n) is 4.19. The Morgan fingerprint density at radius 2 is 1.92 bits per heavy atom. The van der Waals surface area contributed by atoms with Gasteiger partial charge in [-0.25, -0.2) is 4.98 Å². The number of likely N-dealkylation sites (tertiary alicyclic amines) is 1. The number of hydrogen-bond acceptors (Lipinski definition) is 6. The van der Waals surface area contributed by atoms with Crippen molar-refractivity contribution in [2.24, 2.45) is 0 Å². The molecule has 1 fully saturated rings. The predicted molar refractivity (Wildman–Crippen MR) is 147 cm³/mol. The topological polar surface area (TPSA) is 83.6 Å². The molecule has 1 amide bonds. The molecule has 7 nitrogen and oxygen atoms in total.